The van der Waals surface area contributed by atoms with E-state index < -0.39 is 11.6 Å². The molecule has 1 saturated heterocycles. The van der Waals surface area contributed by atoms with Gasteiger partial charge in [-0.15, -0.1) is 0 Å². The van der Waals surface area contributed by atoms with Gasteiger partial charge in [0, 0.05) is 6.42 Å². The maximum absolute atomic E-state index is 11.0. The van der Waals surface area contributed by atoms with Gasteiger partial charge in [0.25, 0.3) is 0 Å². The Morgan fingerprint density at radius 2 is 1.61 bits per heavy atom. The second-order valence-electron chi connectivity index (χ2n) is 9.27. The molecule has 4 nitrogen and oxygen atoms in total. The third-order valence-electron chi connectivity index (χ3n) is 5.75. The summed E-state index contributed by atoms with van der Waals surface area (Å²) in [6.07, 6.45) is 11.7. The number of carbonyl (C=O) groups is 1. The molecule has 1 heterocycles. The molecule has 1 N–H and O–H groups in total. The topological polar surface area (TPSA) is 55.8 Å². The zero-order chi connectivity index (χ0) is 20.5. The van der Waals surface area contributed by atoms with Crippen LogP contribution in [0.4, 0.5) is 0 Å². The largest absolute Gasteiger partial charge is 0.481 e. The van der Waals surface area contributed by atoms with E-state index in [1.165, 1.54) is 56.9 Å². The van der Waals surface area contributed by atoms with Crippen LogP contribution in [0.5, 0.6) is 0 Å². The monoisotopic (exact) mass is 390 g/mol. The summed E-state index contributed by atoms with van der Waals surface area (Å²) in [5.74, 6) is -0.286. The second kappa shape index (κ2) is 11.0. The first kappa shape index (κ1) is 22.9. The molecule has 0 spiro atoms. The maximum atomic E-state index is 11.0. The molecule has 1 aromatic rings. The fourth-order valence-corrected chi connectivity index (χ4v) is 4.58. The van der Waals surface area contributed by atoms with Gasteiger partial charge in [0.2, 0.25) is 0 Å². The first-order valence-corrected chi connectivity index (χ1v) is 10.9. The van der Waals surface area contributed by atoms with E-state index in [0.29, 0.717) is 12.3 Å². The minimum atomic E-state index is -0.841. The lowest BCUT2D eigenvalue weighted by atomic mass is 9.81. The average molecular weight is 391 g/mol. The van der Waals surface area contributed by atoms with Gasteiger partial charge < -0.3 is 5.11 Å². The summed E-state index contributed by atoms with van der Waals surface area (Å²) in [6.45, 7) is 6.14. The van der Waals surface area contributed by atoms with Gasteiger partial charge in [0.15, 0.2) is 0 Å². The molecule has 3 atom stereocenters. The number of hydrogen-bond donors (Lipinski definition) is 1. The van der Waals surface area contributed by atoms with Crippen molar-refractivity contribution in [2.24, 2.45) is 5.92 Å². The van der Waals surface area contributed by atoms with Gasteiger partial charge >= 0.3 is 5.97 Å². The molecule has 1 fully saturated rings. The molecule has 0 bridgehead atoms. The molecule has 0 aromatic heterocycles. The van der Waals surface area contributed by atoms with Crippen LogP contribution in [-0.2, 0) is 21.0 Å². The van der Waals surface area contributed by atoms with Crippen molar-refractivity contribution < 1.29 is 19.7 Å². The average Bonchev–Trinajstić information content (AvgIpc) is 2.91. The summed E-state index contributed by atoms with van der Waals surface area (Å²) < 4.78 is 0. The summed E-state index contributed by atoms with van der Waals surface area (Å²) >= 11 is 0. The fourth-order valence-electron chi connectivity index (χ4n) is 4.58. The third-order valence-corrected chi connectivity index (χ3v) is 5.75. The Morgan fingerprint density at radius 1 is 1.00 bits per heavy atom. The Morgan fingerprint density at radius 3 is 2.29 bits per heavy atom. The lowest BCUT2D eigenvalue weighted by molar-refractivity contribution is -0.346. The number of aryl methyl sites for hydroxylation is 1. The summed E-state index contributed by atoms with van der Waals surface area (Å²) in [6, 6.07) is 10.7. The SMILES string of the molecule is C[C@H](CCCCCCCCc1ccccc1)C[C@]1(C)C[C@](C)(CC(=O)O)OO1. The Hall–Kier alpha value is -1.39. The van der Waals surface area contributed by atoms with Crippen molar-refractivity contribution in [3.05, 3.63) is 35.9 Å². The molecule has 0 aliphatic carbocycles. The van der Waals surface area contributed by atoms with E-state index in [2.05, 4.69) is 37.3 Å². The van der Waals surface area contributed by atoms with E-state index in [9.17, 15) is 4.79 Å². The van der Waals surface area contributed by atoms with Crippen molar-refractivity contribution in [1.82, 2.24) is 0 Å². The van der Waals surface area contributed by atoms with E-state index in [1.54, 1.807) is 0 Å². The molecule has 158 valence electrons. The van der Waals surface area contributed by atoms with Crippen LogP contribution in [0.2, 0.25) is 0 Å². The minimum Gasteiger partial charge on any atom is -0.481 e. The number of unbranched alkanes of at least 4 members (excludes halogenated alkanes) is 5. The van der Waals surface area contributed by atoms with Gasteiger partial charge in [-0.2, -0.15) is 0 Å². The molecule has 0 unspecified atom stereocenters. The standard InChI is InChI=1S/C24H38O4/c1-20(17-23(2)19-24(3,28-27-23)18-22(25)26)13-9-6-4-5-7-10-14-21-15-11-8-12-16-21/h8,11-12,15-16,20H,4-7,9-10,13-14,17-19H2,1-3H3,(H,25,26)/t20-,23-,24+/m1/s1. The highest BCUT2D eigenvalue weighted by Gasteiger charge is 2.47. The highest BCUT2D eigenvalue weighted by Crippen LogP contribution is 2.42. The Labute approximate surface area is 170 Å². The van der Waals surface area contributed by atoms with Crippen LogP contribution in [0.15, 0.2) is 30.3 Å². The van der Waals surface area contributed by atoms with Crippen molar-refractivity contribution in [2.45, 2.75) is 103 Å². The zero-order valence-electron chi connectivity index (χ0n) is 17.9. The van der Waals surface area contributed by atoms with Crippen molar-refractivity contribution >= 4 is 5.97 Å². The van der Waals surface area contributed by atoms with E-state index in [1.807, 2.05) is 13.8 Å². The quantitative estimate of drug-likeness (QED) is 0.316. The van der Waals surface area contributed by atoms with E-state index in [0.717, 1.165) is 6.42 Å². The molecular formula is C24H38O4. The van der Waals surface area contributed by atoms with Gasteiger partial charge in [0.1, 0.15) is 11.2 Å². The summed E-state index contributed by atoms with van der Waals surface area (Å²) in [5, 5.41) is 9.03. The molecular weight excluding hydrogens is 352 g/mol. The van der Waals surface area contributed by atoms with Crippen LogP contribution < -0.4 is 0 Å². The first-order chi connectivity index (χ1) is 13.3. The minimum absolute atomic E-state index is 0.0127. The smallest absolute Gasteiger partial charge is 0.306 e. The number of carboxylic acid groups (broad SMARTS) is 1. The molecule has 1 aliphatic rings. The van der Waals surface area contributed by atoms with Crippen molar-refractivity contribution in [1.29, 1.82) is 0 Å². The highest BCUT2D eigenvalue weighted by atomic mass is 17.2. The number of benzene rings is 1. The summed E-state index contributed by atoms with van der Waals surface area (Å²) in [7, 11) is 0. The number of aliphatic carboxylic acids is 1. The van der Waals surface area contributed by atoms with Gasteiger partial charge in [-0.25, -0.2) is 9.78 Å². The van der Waals surface area contributed by atoms with Gasteiger partial charge in [-0.1, -0.05) is 75.8 Å². The molecule has 2 rings (SSSR count). The van der Waals surface area contributed by atoms with E-state index in [4.69, 9.17) is 14.9 Å². The molecule has 28 heavy (non-hydrogen) atoms. The fraction of sp³-hybridized carbons (Fsp3) is 0.708. The first-order valence-electron chi connectivity index (χ1n) is 10.9. The normalized spacial score (nSPS) is 25.7. The van der Waals surface area contributed by atoms with Crippen LogP contribution in [-0.4, -0.2) is 22.3 Å². The molecule has 1 aromatic carbocycles. The molecule has 0 radical (unpaired) electrons. The van der Waals surface area contributed by atoms with E-state index >= 15 is 0 Å². The van der Waals surface area contributed by atoms with Crippen LogP contribution in [0.25, 0.3) is 0 Å². The van der Waals surface area contributed by atoms with Crippen molar-refractivity contribution in [2.75, 3.05) is 0 Å². The number of rotatable bonds is 13. The van der Waals surface area contributed by atoms with Crippen LogP contribution in [0.1, 0.15) is 90.5 Å². The maximum Gasteiger partial charge on any atom is 0.306 e. The summed E-state index contributed by atoms with van der Waals surface area (Å²) in [4.78, 5) is 22.0. The molecule has 0 amide bonds. The van der Waals surface area contributed by atoms with Gasteiger partial charge in [-0.05, 0) is 44.6 Å². The third kappa shape index (κ3) is 8.32. The lowest BCUT2D eigenvalue weighted by Crippen LogP contribution is -2.31. The number of hydrogen-bond acceptors (Lipinski definition) is 3. The van der Waals surface area contributed by atoms with Crippen LogP contribution in [0, 0.1) is 5.92 Å². The van der Waals surface area contributed by atoms with E-state index in [-0.39, 0.29) is 12.0 Å². The van der Waals surface area contributed by atoms with Gasteiger partial charge in [-0.3, -0.25) is 4.79 Å². The van der Waals surface area contributed by atoms with Gasteiger partial charge in [0.05, 0.1) is 6.42 Å². The Bertz CT molecular complexity index is 588. The Kier molecular flexibility index (Phi) is 8.97. The molecule has 4 heteroatoms. The Balaban J connectivity index is 1.52. The zero-order valence-corrected chi connectivity index (χ0v) is 17.9. The molecule has 0 saturated carbocycles. The van der Waals surface area contributed by atoms with Crippen LogP contribution >= 0.6 is 0 Å². The van der Waals surface area contributed by atoms with Crippen molar-refractivity contribution in [3.8, 4) is 0 Å². The highest BCUT2D eigenvalue weighted by molar-refractivity contribution is 5.68. The predicted octanol–water partition coefficient (Wildman–Crippen LogP) is 6.33. The predicted molar refractivity (Wildman–Crippen MR) is 112 cm³/mol. The van der Waals surface area contributed by atoms with Crippen LogP contribution in [0.3, 0.4) is 0 Å². The molecule has 1 aliphatic heterocycles. The number of carboxylic acids is 1. The lowest BCUT2D eigenvalue weighted by Gasteiger charge is -2.25. The summed E-state index contributed by atoms with van der Waals surface area (Å²) in [5.41, 5.74) is 0.364. The van der Waals surface area contributed by atoms with Crippen molar-refractivity contribution in [3.63, 3.8) is 0 Å². The second-order valence-corrected chi connectivity index (χ2v) is 9.27.